The van der Waals surface area contributed by atoms with Crippen molar-refractivity contribution in [2.24, 2.45) is 40.4 Å². The quantitative estimate of drug-likeness (QED) is 0.604. The molecule has 0 aliphatic heterocycles. The van der Waals surface area contributed by atoms with Crippen molar-refractivity contribution in [2.75, 3.05) is 5.75 Å². The van der Waals surface area contributed by atoms with E-state index in [1.165, 1.54) is 5.57 Å². The largest absolute Gasteiger partial charge is 0.393 e. The number of aliphatic hydroxyl groups is 2. The third-order valence-electron chi connectivity index (χ3n) is 10.5. The fourth-order valence-corrected chi connectivity index (χ4v) is 10.6. The molecule has 0 amide bonds. The van der Waals surface area contributed by atoms with Crippen molar-refractivity contribution in [3.8, 4) is 0 Å². The van der Waals surface area contributed by atoms with Crippen LogP contribution in [0.4, 0.5) is 0 Å². The molecule has 0 aromatic heterocycles. The number of sulfone groups is 1. The Morgan fingerprint density at radius 3 is 2.52 bits per heavy atom. The van der Waals surface area contributed by atoms with E-state index in [4.69, 9.17) is 0 Å². The molecule has 4 aliphatic rings. The molecular formula is C28H40O4S. The Bertz CT molecular complexity index is 1020. The molecule has 0 saturated heterocycles. The first-order chi connectivity index (χ1) is 15.6. The minimum Gasteiger partial charge on any atom is -0.393 e. The summed E-state index contributed by atoms with van der Waals surface area (Å²) in [6.07, 6.45) is 8.13. The van der Waals surface area contributed by atoms with Gasteiger partial charge >= 0.3 is 0 Å². The van der Waals surface area contributed by atoms with Gasteiger partial charge in [0.25, 0.3) is 0 Å². The van der Waals surface area contributed by atoms with Crippen LogP contribution in [0.2, 0.25) is 0 Å². The van der Waals surface area contributed by atoms with Gasteiger partial charge in [0.1, 0.15) is 0 Å². The fourth-order valence-electron chi connectivity index (χ4n) is 8.86. The van der Waals surface area contributed by atoms with E-state index in [1.54, 1.807) is 24.3 Å². The van der Waals surface area contributed by atoms with E-state index >= 15 is 0 Å². The molecule has 1 aromatic rings. The zero-order chi connectivity index (χ0) is 23.6. The number of fused-ring (bicyclic) bond motifs is 5. The van der Waals surface area contributed by atoms with Crippen molar-refractivity contribution >= 4 is 9.84 Å². The van der Waals surface area contributed by atoms with Gasteiger partial charge in [0, 0.05) is 11.8 Å². The molecule has 182 valence electrons. The van der Waals surface area contributed by atoms with Crippen molar-refractivity contribution in [1.82, 2.24) is 0 Å². The zero-order valence-electron chi connectivity index (χ0n) is 20.3. The van der Waals surface area contributed by atoms with Gasteiger partial charge < -0.3 is 10.2 Å². The summed E-state index contributed by atoms with van der Waals surface area (Å²) in [5, 5.41) is 21.3. The predicted octanol–water partition coefficient (Wildman–Crippen LogP) is 5.01. The highest BCUT2D eigenvalue weighted by atomic mass is 32.2. The summed E-state index contributed by atoms with van der Waals surface area (Å²) in [6.45, 7) is 6.83. The summed E-state index contributed by atoms with van der Waals surface area (Å²) in [4.78, 5) is 0.437. The van der Waals surface area contributed by atoms with Gasteiger partial charge in [-0.1, -0.05) is 50.6 Å². The molecule has 2 N–H and O–H groups in total. The lowest BCUT2D eigenvalue weighted by molar-refractivity contribution is -0.107. The lowest BCUT2D eigenvalue weighted by atomic mass is 9.46. The number of rotatable bonds is 4. The molecule has 0 radical (unpaired) electrons. The monoisotopic (exact) mass is 472 g/mol. The average Bonchev–Trinajstić information content (AvgIpc) is 3.12. The number of hydrogen-bond acceptors (Lipinski definition) is 4. The van der Waals surface area contributed by atoms with E-state index in [1.807, 2.05) is 6.07 Å². The topological polar surface area (TPSA) is 74.6 Å². The average molecular weight is 473 g/mol. The van der Waals surface area contributed by atoms with Gasteiger partial charge in [0.15, 0.2) is 9.84 Å². The molecule has 1 aromatic carbocycles. The van der Waals surface area contributed by atoms with E-state index in [9.17, 15) is 18.6 Å². The van der Waals surface area contributed by atoms with E-state index in [2.05, 4.69) is 26.8 Å². The maximum Gasteiger partial charge on any atom is 0.178 e. The van der Waals surface area contributed by atoms with E-state index in [0.29, 0.717) is 41.4 Å². The van der Waals surface area contributed by atoms with Crippen molar-refractivity contribution in [1.29, 1.82) is 0 Å². The second-order valence-corrected chi connectivity index (χ2v) is 14.1. The van der Waals surface area contributed by atoms with Crippen LogP contribution in [0.25, 0.3) is 0 Å². The van der Waals surface area contributed by atoms with Crippen LogP contribution in [-0.2, 0) is 9.84 Å². The van der Waals surface area contributed by atoms with Gasteiger partial charge in [-0.2, -0.15) is 0 Å². The van der Waals surface area contributed by atoms with Crippen molar-refractivity contribution in [3.05, 3.63) is 42.0 Å². The SMILES string of the molecule is C[C@H](CS(=O)(=O)c1ccccc1)[C@H]1CC[C@H]2[C@@H]3CC=C4C[C@@H](O)C[C@H](O)[C@]4(C)[C@H]3CC[C@]12C. The lowest BCUT2D eigenvalue weighted by Crippen LogP contribution is -2.55. The Balaban J connectivity index is 1.38. The molecule has 0 spiro atoms. The molecule has 9 atom stereocenters. The summed E-state index contributed by atoms with van der Waals surface area (Å²) >= 11 is 0. The summed E-state index contributed by atoms with van der Waals surface area (Å²) in [7, 11) is -3.29. The van der Waals surface area contributed by atoms with Crippen molar-refractivity contribution in [2.45, 2.75) is 82.8 Å². The Morgan fingerprint density at radius 1 is 1.06 bits per heavy atom. The van der Waals surface area contributed by atoms with Crippen LogP contribution in [0.3, 0.4) is 0 Å². The third kappa shape index (κ3) is 3.65. The van der Waals surface area contributed by atoms with E-state index in [0.717, 1.165) is 32.1 Å². The molecule has 0 unspecified atom stereocenters. The molecule has 4 nitrogen and oxygen atoms in total. The second-order valence-electron chi connectivity index (χ2n) is 12.0. The Hall–Kier alpha value is -1.17. The lowest BCUT2D eigenvalue weighted by Gasteiger charge is -2.59. The molecular weight excluding hydrogens is 432 g/mol. The normalized spacial score (nSPS) is 43.7. The van der Waals surface area contributed by atoms with Crippen molar-refractivity contribution in [3.63, 3.8) is 0 Å². The first kappa shape index (κ1) is 23.6. The van der Waals surface area contributed by atoms with Crippen LogP contribution in [-0.4, -0.2) is 36.6 Å². The first-order valence-electron chi connectivity index (χ1n) is 12.9. The Labute approximate surface area is 199 Å². The molecule has 5 heteroatoms. The highest BCUT2D eigenvalue weighted by Gasteiger charge is 2.61. The molecule has 4 aliphatic carbocycles. The van der Waals surface area contributed by atoms with Crippen LogP contribution < -0.4 is 0 Å². The van der Waals surface area contributed by atoms with E-state index in [-0.39, 0.29) is 22.5 Å². The van der Waals surface area contributed by atoms with Crippen LogP contribution >= 0.6 is 0 Å². The third-order valence-corrected chi connectivity index (χ3v) is 12.5. The predicted molar refractivity (Wildman–Crippen MR) is 130 cm³/mol. The first-order valence-corrected chi connectivity index (χ1v) is 14.6. The maximum absolute atomic E-state index is 13.1. The highest BCUT2D eigenvalue weighted by Crippen LogP contribution is 2.67. The second kappa shape index (κ2) is 8.20. The summed E-state index contributed by atoms with van der Waals surface area (Å²) < 4.78 is 26.2. The Kier molecular flexibility index (Phi) is 5.86. The van der Waals surface area contributed by atoms with Gasteiger partial charge in [-0.25, -0.2) is 8.42 Å². The van der Waals surface area contributed by atoms with Crippen LogP contribution in [0, 0.1) is 40.4 Å². The van der Waals surface area contributed by atoms with Gasteiger partial charge in [0.2, 0.25) is 0 Å². The molecule has 3 saturated carbocycles. The van der Waals surface area contributed by atoms with Gasteiger partial charge in [-0.05, 0) is 85.7 Å². The summed E-state index contributed by atoms with van der Waals surface area (Å²) in [5.41, 5.74) is 1.22. The number of benzene rings is 1. The molecule has 33 heavy (non-hydrogen) atoms. The summed E-state index contributed by atoms with van der Waals surface area (Å²) in [6, 6.07) is 8.89. The number of hydrogen-bond donors (Lipinski definition) is 2. The minimum atomic E-state index is -3.29. The molecule has 0 heterocycles. The Morgan fingerprint density at radius 2 is 1.79 bits per heavy atom. The van der Waals surface area contributed by atoms with Gasteiger partial charge in [-0.3, -0.25) is 0 Å². The molecule has 3 fully saturated rings. The van der Waals surface area contributed by atoms with Gasteiger partial charge in [0.05, 0.1) is 22.9 Å². The zero-order valence-corrected chi connectivity index (χ0v) is 21.1. The van der Waals surface area contributed by atoms with Crippen molar-refractivity contribution < 1.29 is 18.6 Å². The molecule has 0 bridgehead atoms. The number of aliphatic hydroxyl groups excluding tert-OH is 2. The van der Waals surface area contributed by atoms with Crippen LogP contribution in [0.5, 0.6) is 0 Å². The standard InChI is InChI=1S/C28H40O4S/c1-18(17-33(31,32)21-7-5-4-6-8-21)23-11-12-24-22-10-9-19-15-20(29)16-26(30)28(19,3)25(22)13-14-27(23,24)2/h4-9,18,20,22-26,29-30H,10-17H2,1-3H3/t18-,20-,22+,23-,24+,25+,26+,27-,28+/m1/s1. The maximum atomic E-state index is 13.1. The highest BCUT2D eigenvalue weighted by molar-refractivity contribution is 7.91. The fraction of sp³-hybridized carbons (Fsp3) is 0.714. The smallest absolute Gasteiger partial charge is 0.178 e. The molecule has 5 rings (SSSR count). The van der Waals surface area contributed by atoms with Crippen LogP contribution in [0.15, 0.2) is 46.9 Å². The summed E-state index contributed by atoms with van der Waals surface area (Å²) in [5.74, 6) is 2.35. The minimum absolute atomic E-state index is 0.127. The van der Waals surface area contributed by atoms with Gasteiger partial charge in [-0.15, -0.1) is 0 Å². The number of allylic oxidation sites excluding steroid dienone is 1. The van der Waals surface area contributed by atoms with E-state index < -0.39 is 22.0 Å². The van der Waals surface area contributed by atoms with Crippen LogP contribution in [0.1, 0.15) is 65.7 Å².